The molecule has 1 amide bonds. The molecule has 5 nitrogen and oxygen atoms in total. The molecule has 29 heavy (non-hydrogen) atoms. The summed E-state index contributed by atoms with van der Waals surface area (Å²) in [4.78, 5) is 16.2. The van der Waals surface area contributed by atoms with Gasteiger partial charge in [0.2, 0.25) is 5.91 Å². The van der Waals surface area contributed by atoms with E-state index in [2.05, 4.69) is 53.5 Å². The van der Waals surface area contributed by atoms with Crippen LogP contribution >= 0.6 is 0 Å². The van der Waals surface area contributed by atoms with E-state index in [0.29, 0.717) is 19.1 Å². The van der Waals surface area contributed by atoms with Crippen LogP contribution in [0.3, 0.4) is 0 Å². The number of benzene rings is 2. The summed E-state index contributed by atoms with van der Waals surface area (Å²) in [7, 11) is 0. The lowest BCUT2D eigenvalue weighted by Gasteiger charge is -2.11. The highest BCUT2D eigenvalue weighted by Gasteiger charge is 2.10. The summed E-state index contributed by atoms with van der Waals surface area (Å²) in [5, 5.41) is 2.82. The number of rotatable bonds is 10. The molecular weight excluding hydrogens is 362 g/mol. The number of ether oxygens (including phenoxy) is 1. The van der Waals surface area contributed by atoms with Gasteiger partial charge in [0.05, 0.1) is 24.2 Å². The Hall–Kier alpha value is -3.08. The largest absolute Gasteiger partial charge is 0.494 e. The van der Waals surface area contributed by atoms with Gasteiger partial charge in [-0.25, -0.2) is 4.98 Å². The Kier molecular flexibility index (Phi) is 7.06. The Bertz CT molecular complexity index is 958. The molecule has 0 fully saturated rings. The Morgan fingerprint density at radius 1 is 1.17 bits per heavy atom. The average Bonchev–Trinajstić information content (AvgIpc) is 3.09. The minimum absolute atomic E-state index is 0.194. The number of carbonyl (C=O) groups excluding carboxylic acids is 1. The van der Waals surface area contributed by atoms with E-state index >= 15 is 0 Å². The zero-order chi connectivity index (χ0) is 20.6. The van der Waals surface area contributed by atoms with E-state index in [1.165, 1.54) is 11.6 Å². The van der Waals surface area contributed by atoms with Crippen molar-refractivity contribution in [2.75, 3.05) is 6.61 Å². The maximum absolute atomic E-state index is 11.5. The highest BCUT2D eigenvalue weighted by molar-refractivity contribution is 5.86. The molecule has 152 valence electrons. The molecule has 0 radical (unpaired) electrons. The second kappa shape index (κ2) is 9.92. The van der Waals surface area contributed by atoms with E-state index in [0.717, 1.165) is 42.0 Å². The van der Waals surface area contributed by atoms with Crippen molar-refractivity contribution in [2.45, 2.75) is 45.7 Å². The number of hydrogen-bond acceptors (Lipinski definition) is 3. The molecule has 3 aromatic rings. The van der Waals surface area contributed by atoms with E-state index in [1.807, 2.05) is 30.3 Å². The molecule has 2 aromatic carbocycles. The van der Waals surface area contributed by atoms with Crippen LogP contribution in [-0.4, -0.2) is 22.1 Å². The second-order valence-electron chi connectivity index (χ2n) is 7.37. The van der Waals surface area contributed by atoms with Crippen molar-refractivity contribution < 1.29 is 9.53 Å². The van der Waals surface area contributed by atoms with Crippen LogP contribution in [0, 0.1) is 0 Å². The molecule has 5 heteroatoms. The van der Waals surface area contributed by atoms with E-state index in [1.54, 1.807) is 0 Å². The van der Waals surface area contributed by atoms with Gasteiger partial charge in [-0.1, -0.05) is 44.7 Å². The molecule has 0 saturated carbocycles. The highest BCUT2D eigenvalue weighted by Crippen LogP contribution is 2.19. The molecule has 0 aliphatic carbocycles. The molecule has 0 bridgehead atoms. The minimum atomic E-state index is -0.194. The van der Waals surface area contributed by atoms with Crippen molar-refractivity contribution in [3.05, 3.63) is 72.6 Å². The fraction of sp³-hybridized carbons (Fsp3) is 0.333. The van der Waals surface area contributed by atoms with Gasteiger partial charge in [-0.05, 0) is 54.7 Å². The molecule has 0 aliphatic heterocycles. The molecule has 0 unspecified atom stereocenters. The fourth-order valence-corrected chi connectivity index (χ4v) is 3.26. The third-order valence-electron chi connectivity index (χ3n) is 4.93. The standard InChI is InChI=1S/C24H29N3O2/c1-4-24(28)25-17-23-26-21-9-5-6-10-22(21)27(23)15-7-8-16-29-20-13-11-19(12-14-20)18(2)3/h4-6,9-14,18H,1,7-8,15-17H2,2-3H3,(H,25,28). The summed E-state index contributed by atoms with van der Waals surface area (Å²) in [5.41, 5.74) is 3.35. The lowest BCUT2D eigenvalue weighted by atomic mass is 10.0. The van der Waals surface area contributed by atoms with Gasteiger partial charge >= 0.3 is 0 Å². The second-order valence-corrected chi connectivity index (χ2v) is 7.37. The number of hydrogen-bond donors (Lipinski definition) is 1. The number of aryl methyl sites for hydroxylation is 1. The van der Waals surface area contributed by atoms with Gasteiger partial charge in [0, 0.05) is 6.54 Å². The van der Waals surface area contributed by atoms with Crippen LogP contribution in [0.4, 0.5) is 0 Å². The molecule has 1 N–H and O–H groups in total. The van der Waals surface area contributed by atoms with Crippen molar-refractivity contribution in [3.8, 4) is 5.75 Å². The van der Waals surface area contributed by atoms with Crippen molar-refractivity contribution in [1.82, 2.24) is 14.9 Å². The number of carbonyl (C=O) groups is 1. The first kappa shape index (κ1) is 20.6. The number of fused-ring (bicyclic) bond motifs is 1. The number of nitrogens with zero attached hydrogens (tertiary/aromatic N) is 2. The van der Waals surface area contributed by atoms with Crippen LogP contribution in [-0.2, 0) is 17.9 Å². The first-order chi connectivity index (χ1) is 14.1. The molecule has 1 heterocycles. The zero-order valence-electron chi connectivity index (χ0n) is 17.2. The number of nitrogens with one attached hydrogen (secondary N) is 1. The maximum atomic E-state index is 11.5. The van der Waals surface area contributed by atoms with Crippen molar-refractivity contribution in [2.24, 2.45) is 0 Å². The predicted octanol–water partition coefficient (Wildman–Crippen LogP) is 4.82. The third-order valence-corrected chi connectivity index (χ3v) is 4.93. The highest BCUT2D eigenvalue weighted by atomic mass is 16.5. The average molecular weight is 392 g/mol. The Morgan fingerprint density at radius 3 is 2.66 bits per heavy atom. The number of aromatic nitrogens is 2. The van der Waals surface area contributed by atoms with Crippen LogP contribution in [0.1, 0.15) is 44.0 Å². The first-order valence-corrected chi connectivity index (χ1v) is 10.2. The number of para-hydroxylation sites is 2. The zero-order valence-corrected chi connectivity index (χ0v) is 17.2. The van der Waals surface area contributed by atoms with Crippen LogP contribution in [0.2, 0.25) is 0 Å². The van der Waals surface area contributed by atoms with Gasteiger partial charge in [-0.3, -0.25) is 4.79 Å². The van der Waals surface area contributed by atoms with E-state index < -0.39 is 0 Å². The first-order valence-electron chi connectivity index (χ1n) is 10.2. The summed E-state index contributed by atoms with van der Waals surface area (Å²) >= 11 is 0. The van der Waals surface area contributed by atoms with Crippen molar-refractivity contribution in [1.29, 1.82) is 0 Å². The predicted molar refractivity (Wildman–Crippen MR) is 117 cm³/mol. The van der Waals surface area contributed by atoms with Crippen molar-refractivity contribution in [3.63, 3.8) is 0 Å². The van der Waals surface area contributed by atoms with Crippen molar-refractivity contribution >= 4 is 16.9 Å². The molecule has 3 rings (SSSR count). The molecule has 0 aliphatic rings. The summed E-state index contributed by atoms with van der Waals surface area (Å²) in [6.07, 6.45) is 3.18. The normalized spacial score (nSPS) is 11.0. The monoisotopic (exact) mass is 391 g/mol. The topological polar surface area (TPSA) is 56.2 Å². The summed E-state index contributed by atoms with van der Waals surface area (Å²) < 4.78 is 8.06. The summed E-state index contributed by atoms with van der Waals surface area (Å²) in [5.74, 6) is 2.10. The number of amides is 1. The lowest BCUT2D eigenvalue weighted by molar-refractivity contribution is -0.116. The quantitative estimate of drug-likeness (QED) is 0.398. The molecule has 0 atom stereocenters. The van der Waals surface area contributed by atoms with E-state index in [-0.39, 0.29) is 5.91 Å². The van der Waals surface area contributed by atoms with Crippen LogP contribution in [0.25, 0.3) is 11.0 Å². The Labute approximate surface area is 172 Å². The Morgan fingerprint density at radius 2 is 1.93 bits per heavy atom. The van der Waals surface area contributed by atoms with E-state index in [4.69, 9.17) is 4.74 Å². The van der Waals surface area contributed by atoms with Gasteiger partial charge in [-0.2, -0.15) is 0 Å². The smallest absolute Gasteiger partial charge is 0.243 e. The van der Waals surface area contributed by atoms with Gasteiger partial charge in [0.25, 0.3) is 0 Å². The number of unbranched alkanes of at least 4 members (excludes halogenated alkanes) is 1. The van der Waals surface area contributed by atoms with Gasteiger partial charge < -0.3 is 14.6 Å². The molecule has 0 saturated heterocycles. The minimum Gasteiger partial charge on any atom is -0.494 e. The fourth-order valence-electron chi connectivity index (χ4n) is 3.26. The van der Waals surface area contributed by atoms with E-state index in [9.17, 15) is 4.79 Å². The van der Waals surface area contributed by atoms with Crippen LogP contribution in [0.15, 0.2) is 61.2 Å². The number of imidazole rings is 1. The summed E-state index contributed by atoms with van der Waals surface area (Å²) in [6.45, 7) is 9.76. The lowest BCUT2D eigenvalue weighted by Crippen LogP contribution is -2.22. The maximum Gasteiger partial charge on any atom is 0.243 e. The molecule has 0 spiro atoms. The van der Waals surface area contributed by atoms with Gasteiger partial charge in [0.15, 0.2) is 0 Å². The molecule has 1 aromatic heterocycles. The van der Waals surface area contributed by atoms with Gasteiger partial charge in [0.1, 0.15) is 11.6 Å². The molecular formula is C24H29N3O2. The summed E-state index contributed by atoms with van der Waals surface area (Å²) in [6, 6.07) is 16.4. The third kappa shape index (κ3) is 5.47. The van der Waals surface area contributed by atoms with Gasteiger partial charge in [-0.15, -0.1) is 0 Å². The van der Waals surface area contributed by atoms with Crippen LogP contribution < -0.4 is 10.1 Å². The Balaban J connectivity index is 1.55. The van der Waals surface area contributed by atoms with Crippen LogP contribution in [0.5, 0.6) is 5.75 Å². The SMILES string of the molecule is C=CC(=O)NCc1nc2ccccc2n1CCCCOc1ccc(C(C)C)cc1.